The second kappa shape index (κ2) is 2.74. The van der Waals surface area contributed by atoms with Crippen LogP contribution in [-0.4, -0.2) is 4.98 Å². The fourth-order valence-corrected chi connectivity index (χ4v) is 0.867. The van der Waals surface area contributed by atoms with Crippen LogP contribution in [-0.2, 0) is 0 Å². The van der Waals surface area contributed by atoms with Crippen LogP contribution < -0.4 is 0 Å². The molecule has 0 unspecified atom stereocenters. The molecule has 3 nitrogen and oxygen atoms in total. The molecule has 0 aliphatic rings. The quantitative estimate of drug-likeness (QED) is 0.562. The molecule has 0 bridgehead atoms. The monoisotopic (exact) mass is 147 g/mol. The van der Waals surface area contributed by atoms with Gasteiger partial charge in [0.1, 0.15) is 0 Å². The van der Waals surface area contributed by atoms with Crippen molar-refractivity contribution in [1.82, 2.24) is 4.98 Å². The Morgan fingerprint density at radius 3 is 3.12 bits per heavy atom. The number of halogens is 1. The van der Waals surface area contributed by atoms with Gasteiger partial charge >= 0.3 is 0 Å². The Balaban J connectivity index is 2.77. The summed E-state index contributed by atoms with van der Waals surface area (Å²) in [5, 5.41) is 5.85. The van der Waals surface area contributed by atoms with Crippen LogP contribution in [0, 0.1) is 0 Å². The Labute approximate surface area is 55.2 Å². The van der Waals surface area contributed by atoms with E-state index in [0.29, 0.717) is 5.13 Å². The van der Waals surface area contributed by atoms with Gasteiger partial charge in [-0.1, -0.05) is 4.63 Å². The van der Waals surface area contributed by atoms with Crippen molar-refractivity contribution in [2.45, 2.75) is 0 Å². The topological polar surface area (TPSA) is 37.6 Å². The molecule has 0 radical (unpaired) electrons. The highest BCUT2D eigenvalue weighted by molar-refractivity contribution is 7.13. The third-order valence-electron chi connectivity index (χ3n) is 0.543. The second-order valence-electron chi connectivity index (χ2n) is 0.990. The Bertz CT molecular complexity index is 171. The lowest BCUT2D eigenvalue weighted by molar-refractivity contribution is 1.26. The van der Waals surface area contributed by atoms with Gasteiger partial charge in [-0.3, -0.25) is 0 Å². The molecule has 0 N–H and O–H groups in total. The van der Waals surface area contributed by atoms with Gasteiger partial charge in [-0.25, -0.2) is 4.98 Å². The van der Waals surface area contributed by atoms with Crippen LogP contribution >= 0.6 is 23.1 Å². The van der Waals surface area contributed by atoms with Crippen molar-refractivity contribution in [3.05, 3.63) is 11.6 Å². The average Bonchev–Trinajstić information content (AvgIpc) is 2.19. The van der Waals surface area contributed by atoms with Gasteiger partial charge in [-0.15, -0.1) is 16.5 Å². The highest BCUT2D eigenvalue weighted by Gasteiger charge is 1.85. The molecule has 1 aromatic heterocycles. The fourth-order valence-electron chi connectivity index (χ4n) is 0.298. The van der Waals surface area contributed by atoms with Gasteiger partial charge in [0, 0.05) is 11.6 Å². The van der Waals surface area contributed by atoms with Crippen molar-refractivity contribution in [2.75, 3.05) is 0 Å². The summed E-state index contributed by atoms with van der Waals surface area (Å²) in [5.74, 6) is 0. The molecule has 0 saturated carbocycles. The van der Waals surface area contributed by atoms with Gasteiger partial charge in [0.15, 0.2) is 0 Å². The standard InChI is InChI=1S/C3H2ClN3S/c4-7-6-3-5-1-2-8-3/h1-2H. The molecule has 0 aliphatic carbocycles. The smallest absolute Gasteiger partial charge is 0.225 e. The second-order valence-corrected chi connectivity index (χ2v) is 2.01. The van der Waals surface area contributed by atoms with Gasteiger partial charge in [0.05, 0.1) is 11.8 Å². The first-order valence-electron chi connectivity index (χ1n) is 1.85. The Morgan fingerprint density at radius 1 is 1.75 bits per heavy atom. The van der Waals surface area contributed by atoms with E-state index < -0.39 is 0 Å². The van der Waals surface area contributed by atoms with Gasteiger partial charge < -0.3 is 0 Å². The molecular weight excluding hydrogens is 146 g/mol. The number of thiazole rings is 1. The predicted octanol–water partition coefficient (Wildman–Crippen LogP) is 2.38. The number of aromatic nitrogens is 1. The summed E-state index contributed by atoms with van der Waals surface area (Å²) in [6.07, 6.45) is 1.64. The molecule has 1 rings (SSSR count). The van der Waals surface area contributed by atoms with Crippen LogP contribution in [0.2, 0.25) is 0 Å². The molecule has 0 atom stereocenters. The molecule has 0 aromatic carbocycles. The summed E-state index contributed by atoms with van der Waals surface area (Å²) in [4.78, 5) is 3.78. The first-order chi connectivity index (χ1) is 3.93. The zero-order valence-electron chi connectivity index (χ0n) is 3.78. The Morgan fingerprint density at radius 2 is 2.62 bits per heavy atom. The Kier molecular flexibility index (Phi) is 1.93. The SMILES string of the molecule is ClN=Nc1nccs1. The first kappa shape index (κ1) is 5.65. The molecule has 0 amide bonds. The predicted molar refractivity (Wildman–Crippen MR) is 32.5 cm³/mol. The molecule has 1 aromatic rings. The maximum Gasteiger partial charge on any atom is 0.230 e. The largest absolute Gasteiger partial charge is 0.230 e. The fraction of sp³-hybridized carbons (Fsp3) is 0. The normalized spacial score (nSPS) is 10.6. The van der Waals surface area contributed by atoms with E-state index in [0.717, 1.165) is 0 Å². The van der Waals surface area contributed by atoms with Crippen LogP contribution in [0.5, 0.6) is 0 Å². The third kappa shape index (κ3) is 1.24. The lowest BCUT2D eigenvalue weighted by Crippen LogP contribution is -1.50. The highest BCUT2D eigenvalue weighted by Crippen LogP contribution is 2.14. The number of hydrogen-bond acceptors (Lipinski definition) is 4. The van der Waals surface area contributed by atoms with Crippen molar-refractivity contribution < 1.29 is 0 Å². The number of rotatable bonds is 1. The average molecular weight is 148 g/mol. The van der Waals surface area contributed by atoms with E-state index in [1.165, 1.54) is 11.3 Å². The molecule has 0 saturated heterocycles. The number of nitrogens with zero attached hydrogens (tertiary/aromatic N) is 3. The molecule has 1 heterocycles. The van der Waals surface area contributed by atoms with E-state index in [9.17, 15) is 0 Å². The van der Waals surface area contributed by atoms with Crippen molar-refractivity contribution >= 4 is 28.2 Å². The summed E-state index contributed by atoms with van der Waals surface area (Å²) < 4.78 is 3.02. The lowest BCUT2D eigenvalue weighted by Gasteiger charge is -1.70. The van der Waals surface area contributed by atoms with Crippen molar-refractivity contribution in [1.29, 1.82) is 0 Å². The lowest BCUT2D eigenvalue weighted by atomic mass is 11.0. The first-order valence-corrected chi connectivity index (χ1v) is 3.07. The van der Waals surface area contributed by atoms with E-state index in [-0.39, 0.29) is 0 Å². The van der Waals surface area contributed by atoms with Gasteiger partial charge in [-0.2, -0.15) is 0 Å². The highest BCUT2D eigenvalue weighted by atomic mass is 35.5. The molecule has 8 heavy (non-hydrogen) atoms. The van der Waals surface area contributed by atoms with E-state index in [2.05, 4.69) is 14.7 Å². The van der Waals surface area contributed by atoms with E-state index in [4.69, 9.17) is 11.8 Å². The molecular formula is C3H2ClN3S. The van der Waals surface area contributed by atoms with E-state index in [1.54, 1.807) is 11.6 Å². The molecule has 0 spiro atoms. The minimum atomic E-state index is 0.583. The van der Waals surface area contributed by atoms with E-state index >= 15 is 0 Å². The summed E-state index contributed by atoms with van der Waals surface area (Å²) in [7, 11) is 0. The summed E-state index contributed by atoms with van der Waals surface area (Å²) in [6, 6.07) is 0. The van der Waals surface area contributed by atoms with Gasteiger partial charge in [-0.05, 0) is 0 Å². The third-order valence-corrected chi connectivity index (χ3v) is 1.27. The van der Waals surface area contributed by atoms with Crippen LogP contribution in [0.3, 0.4) is 0 Å². The molecule has 0 fully saturated rings. The number of hydrogen-bond donors (Lipinski definition) is 0. The summed E-state index contributed by atoms with van der Waals surface area (Å²) >= 11 is 6.31. The molecule has 42 valence electrons. The van der Waals surface area contributed by atoms with Crippen LogP contribution in [0.25, 0.3) is 0 Å². The van der Waals surface area contributed by atoms with Crippen LogP contribution in [0.15, 0.2) is 21.3 Å². The maximum atomic E-state index is 4.92. The maximum absolute atomic E-state index is 4.92. The summed E-state index contributed by atoms with van der Waals surface area (Å²) in [5.41, 5.74) is 0. The minimum absolute atomic E-state index is 0.583. The summed E-state index contributed by atoms with van der Waals surface area (Å²) in [6.45, 7) is 0. The van der Waals surface area contributed by atoms with Crippen molar-refractivity contribution in [2.24, 2.45) is 9.75 Å². The Hall–Kier alpha value is -0.480. The van der Waals surface area contributed by atoms with Crippen molar-refractivity contribution in [3.63, 3.8) is 0 Å². The van der Waals surface area contributed by atoms with Gasteiger partial charge in [0.2, 0.25) is 5.13 Å². The van der Waals surface area contributed by atoms with Gasteiger partial charge in [0.25, 0.3) is 0 Å². The molecule has 5 heteroatoms. The zero-order chi connectivity index (χ0) is 5.82. The molecule has 0 aliphatic heterocycles. The van der Waals surface area contributed by atoms with Crippen LogP contribution in [0.1, 0.15) is 0 Å². The minimum Gasteiger partial charge on any atom is -0.225 e. The van der Waals surface area contributed by atoms with Crippen LogP contribution in [0.4, 0.5) is 5.13 Å². The van der Waals surface area contributed by atoms with E-state index in [1.807, 2.05) is 0 Å². The zero-order valence-corrected chi connectivity index (χ0v) is 5.35. The van der Waals surface area contributed by atoms with Crippen molar-refractivity contribution in [3.8, 4) is 0 Å².